The van der Waals surface area contributed by atoms with E-state index in [1.165, 1.54) is 0 Å². The molecule has 0 saturated heterocycles. The van der Waals surface area contributed by atoms with Gasteiger partial charge in [-0.1, -0.05) is 13.8 Å². The van der Waals surface area contributed by atoms with Gasteiger partial charge in [-0.3, -0.25) is 4.79 Å². The molecule has 2 nitrogen and oxygen atoms in total. The van der Waals surface area contributed by atoms with E-state index in [1.807, 2.05) is 32.8 Å². The van der Waals surface area contributed by atoms with Gasteiger partial charge < -0.3 is 4.90 Å². The van der Waals surface area contributed by atoms with Gasteiger partial charge in [-0.25, -0.2) is 0 Å². The van der Waals surface area contributed by atoms with Crippen molar-refractivity contribution >= 4 is 5.78 Å². The minimum atomic E-state index is 0.203. The molecule has 11 heavy (non-hydrogen) atoms. The molecule has 0 radical (unpaired) electrons. The maximum atomic E-state index is 11.0. The fraction of sp³-hybridized carbons (Fsp3) is 0.667. The minimum absolute atomic E-state index is 0.203. The van der Waals surface area contributed by atoms with Crippen LogP contribution in [0.2, 0.25) is 0 Å². The zero-order valence-corrected chi connectivity index (χ0v) is 7.79. The van der Waals surface area contributed by atoms with Crippen molar-refractivity contribution in [1.82, 2.24) is 4.90 Å². The van der Waals surface area contributed by atoms with E-state index in [0.717, 1.165) is 0 Å². The second kappa shape index (κ2) is 4.94. The fourth-order valence-corrected chi connectivity index (χ4v) is 0.703. The lowest BCUT2D eigenvalue weighted by Gasteiger charge is -2.03. The normalized spacial score (nSPS) is 11.0. The van der Waals surface area contributed by atoms with Crippen LogP contribution < -0.4 is 0 Å². The number of hydrogen-bond donors (Lipinski definition) is 0. The van der Waals surface area contributed by atoms with Crippen molar-refractivity contribution in [3.05, 3.63) is 12.3 Å². The summed E-state index contributed by atoms with van der Waals surface area (Å²) in [7, 11) is 3.80. The molecule has 0 unspecified atom stereocenters. The third-order valence-electron chi connectivity index (χ3n) is 1.17. The van der Waals surface area contributed by atoms with Crippen LogP contribution in [-0.4, -0.2) is 24.8 Å². The molecule has 0 N–H and O–H groups in total. The zero-order chi connectivity index (χ0) is 8.85. The van der Waals surface area contributed by atoms with E-state index >= 15 is 0 Å². The molecule has 0 fully saturated rings. The number of allylic oxidation sites excluding steroid dienone is 1. The van der Waals surface area contributed by atoms with Crippen molar-refractivity contribution in [2.75, 3.05) is 14.1 Å². The quantitative estimate of drug-likeness (QED) is 0.576. The van der Waals surface area contributed by atoms with Crippen molar-refractivity contribution < 1.29 is 4.79 Å². The monoisotopic (exact) mass is 155 g/mol. The summed E-state index contributed by atoms with van der Waals surface area (Å²) in [6.07, 6.45) is 4.05. The second-order valence-electron chi connectivity index (χ2n) is 3.34. The summed E-state index contributed by atoms with van der Waals surface area (Å²) in [4.78, 5) is 12.9. The lowest BCUT2D eigenvalue weighted by molar-refractivity contribution is -0.115. The first-order valence-electron chi connectivity index (χ1n) is 3.90. The van der Waals surface area contributed by atoms with Crippen LogP contribution in [0.3, 0.4) is 0 Å². The van der Waals surface area contributed by atoms with Crippen molar-refractivity contribution in [3.63, 3.8) is 0 Å². The molecule has 0 atom stereocenters. The number of carbonyl (C=O) groups is 1. The number of ketones is 1. The predicted molar refractivity (Wildman–Crippen MR) is 47.3 cm³/mol. The number of rotatable bonds is 4. The molecule has 0 aliphatic rings. The Labute approximate surface area is 68.9 Å². The highest BCUT2D eigenvalue weighted by atomic mass is 16.1. The van der Waals surface area contributed by atoms with Crippen LogP contribution in [0.15, 0.2) is 12.3 Å². The summed E-state index contributed by atoms with van der Waals surface area (Å²) in [5, 5.41) is 0. The summed E-state index contributed by atoms with van der Waals surface area (Å²) in [5.74, 6) is 0.656. The van der Waals surface area contributed by atoms with Gasteiger partial charge in [0.05, 0.1) is 0 Å². The van der Waals surface area contributed by atoms with Crippen LogP contribution in [0.5, 0.6) is 0 Å². The molecule has 0 rings (SSSR count). The van der Waals surface area contributed by atoms with E-state index in [0.29, 0.717) is 12.3 Å². The molecule has 0 bridgehead atoms. The molecule has 0 heterocycles. The van der Waals surface area contributed by atoms with Gasteiger partial charge >= 0.3 is 0 Å². The van der Waals surface area contributed by atoms with E-state index in [1.54, 1.807) is 12.3 Å². The van der Waals surface area contributed by atoms with E-state index in [-0.39, 0.29) is 5.78 Å². The standard InChI is InChI=1S/C9H17NO/c1-8(2)7-9(11)5-6-10(3)4/h5-6,8H,7H2,1-4H3/b6-5-. The minimum Gasteiger partial charge on any atom is -0.383 e. The average Bonchev–Trinajstić information content (AvgIpc) is 1.82. The van der Waals surface area contributed by atoms with Gasteiger partial charge in [0.25, 0.3) is 0 Å². The highest BCUT2D eigenvalue weighted by molar-refractivity contribution is 5.89. The molecular formula is C9H17NO. The van der Waals surface area contributed by atoms with Gasteiger partial charge in [-0.2, -0.15) is 0 Å². The van der Waals surface area contributed by atoms with Crippen LogP contribution in [-0.2, 0) is 4.79 Å². The summed E-state index contributed by atoms with van der Waals surface area (Å²) < 4.78 is 0. The molecule has 0 amide bonds. The smallest absolute Gasteiger partial charge is 0.157 e. The summed E-state index contributed by atoms with van der Waals surface area (Å²) in [6, 6.07) is 0. The van der Waals surface area contributed by atoms with Gasteiger partial charge in [0, 0.05) is 26.7 Å². The largest absolute Gasteiger partial charge is 0.383 e. The van der Waals surface area contributed by atoms with Gasteiger partial charge in [0.15, 0.2) is 5.78 Å². The first-order chi connectivity index (χ1) is 5.02. The number of nitrogens with zero attached hydrogens (tertiary/aromatic N) is 1. The van der Waals surface area contributed by atoms with Crippen molar-refractivity contribution in [2.45, 2.75) is 20.3 Å². The van der Waals surface area contributed by atoms with Crippen molar-refractivity contribution in [1.29, 1.82) is 0 Å². The number of hydrogen-bond acceptors (Lipinski definition) is 2. The Morgan fingerprint density at radius 2 is 2.00 bits per heavy atom. The molecule has 0 aromatic rings. The Morgan fingerprint density at radius 3 is 2.36 bits per heavy atom. The summed E-state index contributed by atoms with van der Waals surface area (Å²) >= 11 is 0. The third-order valence-corrected chi connectivity index (χ3v) is 1.17. The summed E-state index contributed by atoms with van der Waals surface area (Å²) in [6.45, 7) is 4.09. The van der Waals surface area contributed by atoms with Crippen LogP contribution in [0.4, 0.5) is 0 Å². The van der Waals surface area contributed by atoms with Crippen LogP contribution in [0.25, 0.3) is 0 Å². The highest BCUT2D eigenvalue weighted by Gasteiger charge is 1.99. The van der Waals surface area contributed by atoms with E-state index in [2.05, 4.69) is 0 Å². The molecule has 64 valence electrons. The Balaban J connectivity index is 3.69. The van der Waals surface area contributed by atoms with Gasteiger partial charge in [0.2, 0.25) is 0 Å². The molecule has 2 heteroatoms. The SMILES string of the molecule is CC(C)CC(=O)/C=C\N(C)C. The molecule has 0 aliphatic carbocycles. The van der Waals surface area contributed by atoms with E-state index in [4.69, 9.17) is 0 Å². The van der Waals surface area contributed by atoms with Gasteiger partial charge in [-0.05, 0) is 12.0 Å². The third kappa shape index (κ3) is 7.10. The molecular weight excluding hydrogens is 138 g/mol. The molecule has 0 aromatic carbocycles. The zero-order valence-electron chi connectivity index (χ0n) is 7.79. The van der Waals surface area contributed by atoms with Crippen LogP contribution in [0, 0.1) is 5.92 Å². The predicted octanol–water partition coefficient (Wildman–Crippen LogP) is 1.68. The van der Waals surface area contributed by atoms with Crippen molar-refractivity contribution in [3.8, 4) is 0 Å². The van der Waals surface area contributed by atoms with Crippen LogP contribution in [0.1, 0.15) is 20.3 Å². The molecule has 0 aromatic heterocycles. The second-order valence-corrected chi connectivity index (χ2v) is 3.34. The Kier molecular flexibility index (Phi) is 4.59. The molecule has 0 aliphatic heterocycles. The topological polar surface area (TPSA) is 20.3 Å². The highest BCUT2D eigenvalue weighted by Crippen LogP contribution is 2.00. The fourth-order valence-electron chi connectivity index (χ4n) is 0.703. The van der Waals surface area contributed by atoms with Crippen LogP contribution >= 0.6 is 0 Å². The van der Waals surface area contributed by atoms with Crippen molar-refractivity contribution in [2.24, 2.45) is 5.92 Å². The molecule has 0 spiro atoms. The maximum absolute atomic E-state index is 11.0. The van der Waals surface area contributed by atoms with Gasteiger partial charge in [0.1, 0.15) is 0 Å². The lowest BCUT2D eigenvalue weighted by Crippen LogP contribution is -2.04. The van der Waals surface area contributed by atoms with E-state index < -0.39 is 0 Å². The first kappa shape index (κ1) is 10.2. The Hall–Kier alpha value is -0.790. The Bertz CT molecular complexity index is 148. The number of carbonyl (C=O) groups excluding carboxylic acids is 1. The maximum Gasteiger partial charge on any atom is 0.157 e. The lowest BCUT2D eigenvalue weighted by atomic mass is 10.1. The first-order valence-corrected chi connectivity index (χ1v) is 3.90. The summed E-state index contributed by atoms with van der Waals surface area (Å²) in [5.41, 5.74) is 0. The Morgan fingerprint density at radius 1 is 1.45 bits per heavy atom. The van der Waals surface area contributed by atoms with E-state index in [9.17, 15) is 4.79 Å². The molecule has 0 saturated carbocycles. The average molecular weight is 155 g/mol. The van der Waals surface area contributed by atoms with Gasteiger partial charge in [-0.15, -0.1) is 0 Å².